The molecule has 3 heterocycles. The van der Waals surface area contributed by atoms with Gasteiger partial charge in [-0.1, -0.05) is 12.1 Å². The van der Waals surface area contributed by atoms with Gasteiger partial charge >= 0.3 is 0 Å². The second-order valence-electron chi connectivity index (χ2n) is 6.35. The van der Waals surface area contributed by atoms with Crippen LogP contribution in [0.15, 0.2) is 47.0 Å². The molecule has 0 aliphatic rings. The summed E-state index contributed by atoms with van der Waals surface area (Å²) in [4.78, 5) is 25.0. The molecule has 0 saturated heterocycles. The normalized spacial score (nSPS) is 12.4. The van der Waals surface area contributed by atoms with Crippen molar-refractivity contribution in [3.8, 4) is 5.82 Å². The molecule has 9 nitrogen and oxygen atoms in total. The number of aromatic nitrogens is 5. The second-order valence-corrected chi connectivity index (χ2v) is 11.4. The van der Waals surface area contributed by atoms with Gasteiger partial charge < -0.3 is 4.57 Å². The average molecular weight is 407 g/mol. The van der Waals surface area contributed by atoms with Gasteiger partial charge in [-0.2, -0.15) is 4.98 Å². The van der Waals surface area contributed by atoms with E-state index in [-0.39, 0.29) is 17.6 Å². The van der Waals surface area contributed by atoms with Crippen LogP contribution in [0.5, 0.6) is 0 Å². The maximum atomic E-state index is 12.7. The van der Waals surface area contributed by atoms with Crippen LogP contribution < -0.4 is 11.0 Å². The van der Waals surface area contributed by atoms with Crippen LogP contribution in [0.25, 0.3) is 16.9 Å². The van der Waals surface area contributed by atoms with Gasteiger partial charge in [0, 0.05) is 12.5 Å². The first-order valence-electron chi connectivity index (χ1n) is 7.86. The van der Waals surface area contributed by atoms with Gasteiger partial charge in [-0.15, -0.1) is 6.58 Å². The largest absolute Gasteiger partial charge is 0.318 e. The first-order chi connectivity index (χ1) is 12.5. The second kappa shape index (κ2) is 6.54. The topological polar surface area (TPSA) is 117 Å². The van der Waals surface area contributed by atoms with Gasteiger partial charge in [0.2, 0.25) is 15.0 Å². The summed E-state index contributed by atoms with van der Waals surface area (Å²) in [6.07, 6.45) is 3.70. The Morgan fingerprint density at radius 2 is 1.96 bits per heavy atom. The summed E-state index contributed by atoms with van der Waals surface area (Å²) in [5, 5.41) is -0.250. The SMILES string of the molecule is C=CCn1c(=O)c2cnc(S(C)(=O)=O)nc2n1-c1cccc(P(C)(C)=O)n1. The van der Waals surface area contributed by atoms with Crippen molar-refractivity contribution < 1.29 is 13.0 Å². The molecule has 3 rings (SSSR count). The van der Waals surface area contributed by atoms with Crippen molar-refractivity contribution in [1.29, 1.82) is 0 Å². The van der Waals surface area contributed by atoms with E-state index in [1.54, 1.807) is 31.5 Å². The molecule has 0 aliphatic heterocycles. The molecule has 0 saturated carbocycles. The third-order valence-electron chi connectivity index (χ3n) is 3.78. The zero-order valence-electron chi connectivity index (χ0n) is 15.0. The Balaban J connectivity index is 2.43. The van der Waals surface area contributed by atoms with Gasteiger partial charge in [0.1, 0.15) is 18.0 Å². The Kier molecular flexibility index (Phi) is 4.65. The molecule has 0 aromatic carbocycles. The van der Waals surface area contributed by atoms with Crippen LogP contribution in [-0.2, 0) is 20.9 Å². The number of hydrogen-bond donors (Lipinski definition) is 0. The van der Waals surface area contributed by atoms with Gasteiger partial charge in [-0.3, -0.25) is 4.79 Å². The Morgan fingerprint density at radius 1 is 1.26 bits per heavy atom. The summed E-state index contributed by atoms with van der Waals surface area (Å²) in [6, 6.07) is 4.94. The summed E-state index contributed by atoms with van der Waals surface area (Å²) in [5.74, 6) is 0.295. The van der Waals surface area contributed by atoms with E-state index in [1.165, 1.54) is 21.6 Å². The van der Waals surface area contributed by atoms with Crippen molar-refractivity contribution in [2.24, 2.45) is 0 Å². The molecule has 11 heteroatoms. The molecular formula is C16H18N5O4PS. The van der Waals surface area contributed by atoms with Crippen molar-refractivity contribution >= 4 is 33.4 Å². The fraction of sp³-hybridized carbons (Fsp3) is 0.250. The van der Waals surface area contributed by atoms with Crippen molar-refractivity contribution in [3.63, 3.8) is 0 Å². The maximum absolute atomic E-state index is 12.7. The third-order valence-corrected chi connectivity index (χ3v) is 5.99. The molecule has 142 valence electrons. The van der Waals surface area contributed by atoms with E-state index in [0.717, 1.165) is 6.26 Å². The monoisotopic (exact) mass is 407 g/mol. The lowest BCUT2D eigenvalue weighted by molar-refractivity contribution is 0.585. The zero-order chi connectivity index (χ0) is 20.0. The number of sulfone groups is 1. The van der Waals surface area contributed by atoms with Crippen LogP contribution in [0.3, 0.4) is 0 Å². The quantitative estimate of drug-likeness (QED) is 0.349. The minimum absolute atomic E-state index is 0.101. The fourth-order valence-electron chi connectivity index (χ4n) is 2.54. The summed E-state index contributed by atoms with van der Waals surface area (Å²) >= 11 is 0. The zero-order valence-corrected chi connectivity index (χ0v) is 16.7. The Hall–Kier alpha value is -2.58. The number of nitrogens with zero attached hydrogens (tertiary/aromatic N) is 5. The van der Waals surface area contributed by atoms with Gasteiger partial charge in [0.25, 0.3) is 5.56 Å². The van der Waals surface area contributed by atoms with Crippen LogP contribution in [-0.4, -0.2) is 52.3 Å². The molecule has 0 atom stereocenters. The predicted molar refractivity (Wildman–Crippen MR) is 103 cm³/mol. The summed E-state index contributed by atoms with van der Waals surface area (Å²) in [7, 11) is -6.32. The van der Waals surface area contributed by atoms with E-state index < -0.39 is 27.7 Å². The standard InChI is InChI=1S/C16H18N5O4PS/c1-5-9-20-15(22)11-10-17-16(27(4,24)25)19-14(11)21(20)12-7-6-8-13(18-12)26(2,3)23/h5-8,10H,1,9H2,2-4H3. The summed E-state index contributed by atoms with van der Waals surface area (Å²) < 4.78 is 38.8. The minimum Gasteiger partial charge on any atom is -0.318 e. The Labute approximate surface area is 155 Å². The molecule has 0 radical (unpaired) electrons. The Bertz CT molecular complexity index is 1270. The first kappa shape index (κ1) is 19.2. The molecule has 3 aromatic rings. The van der Waals surface area contributed by atoms with Crippen LogP contribution >= 0.6 is 7.14 Å². The smallest absolute Gasteiger partial charge is 0.278 e. The van der Waals surface area contributed by atoms with Crippen molar-refractivity contribution in [1.82, 2.24) is 24.3 Å². The van der Waals surface area contributed by atoms with E-state index in [4.69, 9.17) is 0 Å². The average Bonchev–Trinajstić information content (AvgIpc) is 2.86. The lowest BCUT2D eigenvalue weighted by atomic mass is 10.4. The van der Waals surface area contributed by atoms with Crippen LogP contribution in [0.2, 0.25) is 0 Å². The van der Waals surface area contributed by atoms with Crippen LogP contribution in [0, 0.1) is 0 Å². The molecule has 0 bridgehead atoms. The number of allylic oxidation sites excluding steroid dienone is 1. The molecule has 0 spiro atoms. The number of hydrogen-bond acceptors (Lipinski definition) is 7. The van der Waals surface area contributed by atoms with Crippen molar-refractivity contribution in [3.05, 3.63) is 47.4 Å². The number of rotatable bonds is 5. The molecule has 27 heavy (non-hydrogen) atoms. The van der Waals surface area contributed by atoms with E-state index in [9.17, 15) is 17.8 Å². The first-order valence-corrected chi connectivity index (χ1v) is 12.4. The lowest BCUT2D eigenvalue weighted by Gasteiger charge is -2.12. The lowest BCUT2D eigenvalue weighted by Crippen LogP contribution is -2.23. The number of pyridine rings is 1. The van der Waals surface area contributed by atoms with Gasteiger partial charge in [-0.25, -0.2) is 27.7 Å². The third kappa shape index (κ3) is 3.50. The highest BCUT2D eigenvalue weighted by atomic mass is 32.2. The molecule has 0 unspecified atom stereocenters. The predicted octanol–water partition coefficient (Wildman–Crippen LogP) is 0.815. The molecule has 0 fully saturated rings. The molecule has 0 amide bonds. The van der Waals surface area contributed by atoms with Gasteiger partial charge in [0.05, 0.1) is 6.54 Å². The van der Waals surface area contributed by atoms with E-state index >= 15 is 0 Å². The fourth-order valence-corrected chi connectivity index (χ4v) is 3.83. The minimum atomic E-state index is -3.67. The Morgan fingerprint density at radius 3 is 2.56 bits per heavy atom. The molecule has 0 N–H and O–H groups in total. The van der Waals surface area contributed by atoms with Crippen molar-refractivity contribution in [2.45, 2.75) is 11.7 Å². The van der Waals surface area contributed by atoms with Crippen LogP contribution in [0.1, 0.15) is 0 Å². The highest BCUT2D eigenvalue weighted by Crippen LogP contribution is 2.33. The summed E-state index contributed by atoms with van der Waals surface area (Å²) in [5.41, 5.74) is 0.0779. The molecule has 3 aromatic heterocycles. The van der Waals surface area contributed by atoms with Gasteiger partial charge in [0.15, 0.2) is 11.5 Å². The highest BCUT2D eigenvalue weighted by Gasteiger charge is 2.21. The van der Waals surface area contributed by atoms with E-state index in [1.807, 2.05) is 0 Å². The molecule has 0 aliphatic carbocycles. The summed E-state index contributed by atoms with van der Waals surface area (Å²) in [6.45, 7) is 6.97. The van der Waals surface area contributed by atoms with E-state index in [0.29, 0.717) is 11.3 Å². The van der Waals surface area contributed by atoms with Crippen molar-refractivity contribution in [2.75, 3.05) is 19.6 Å². The van der Waals surface area contributed by atoms with Crippen LogP contribution in [0.4, 0.5) is 0 Å². The highest BCUT2D eigenvalue weighted by molar-refractivity contribution is 7.90. The maximum Gasteiger partial charge on any atom is 0.278 e. The van der Waals surface area contributed by atoms with Gasteiger partial charge in [-0.05, 0) is 25.5 Å². The molecular weight excluding hydrogens is 389 g/mol. The number of fused-ring (bicyclic) bond motifs is 1. The van der Waals surface area contributed by atoms with E-state index in [2.05, 4.69) is 21.5 Å².